The molecule has 0 aromatic rings. The maximum atomic E-state index is 11.7. The Morgan fingerprint density at radius 3 is 2.33 bits per heavy atom. The molecule has 160 valence electrons. The van der Waals surface area contributed by atoms with Gasteiger partial charge in [0.2, 0.25) is 0 Å². The third-order valence-corrected chi connectivity index (χ3v) is 6.69. The number of ether oxygens (including phenoxy) is 2. The standard InChI is InChI=1S/C21H40O5S/c1-4-6-7-8-9-10-13-18-17(5-2)20(26-27(3,22)23)16-19(18)25-21-14-11-12-15-24-21/h17-21H,4-16H2,1-3H3/t17-,18-,19-,20+,21+/m1/s1. The molecule has 0 N–H and O–H groups in total. The minimum absolute atomic E-state index is 0.0421. The van der Waals surface area contributed by atoms with E-state index in [1.54, 1.807) is 0 Å². The first-order valence-corrected chi connectivity index (χ1v) is 12.9. The molecule has 0 unspecified atom stereocenters. The van der Waals surface area contributed by atoms with Crippen LogP contribution in [0.5, 0.6) is 0 Å². The van der Waals surface area contributed by atoms with Crippen molar-refractivity contribution in [1.29, 1.82) is 0 Å². The summed E-state index contributed by atoms with van der Waals surface area (Å²) in [4.78, 5) is 0. The van der Waals surface area contributed by atoms with E-state index in [-0.39, 0.29) is 24.4 Å². The first-order valence-electron chi connectivity index (χ1n) is 11.1. The van der Waals surface area contributed by atoms with Crippen molar-refractivity contribution in [3.8, 4) is 0 Å². The van der Waals surface area contributed by atoms with E-state index in [9.17, 15) is 8.42 Å². The lowest BCUT2D eigenvalue weighted by Crippen LogP contribution is -2.31. The molecule has 0 aromatic heterocycles. The monoisotopic (exact) mass is 404 g/mol. The molecule has 5 atom stereocenters. The van der Waals surface area contributed by atoms with Crippen LogP contribution in [0.25, 0.3) is 0 Å². The highest BCUT2D eigenvalue weighted by Gasteiger charge is 2.45. The van der Waals surface area contributed by atoms with E-state index in [0.717, 1.165) is 45.0 Å². The van der Waals surface area contributed by atoms with Gasteiger partial charge in [0.25, 0.3) is 10.1 Å². The molecule has 2 aliphatic rings. The average Bonchev–Trinajstić information content (AvgIpc) is 2.93. The SMILES string of the molecule is CCCCCCCC[C@@H]1[C@@H](CC)[C@@H](OS(C)(=O)=O)C[C@H]1O[C@H]1CCCCO1. The Kier molecular flexibility index (Phi) is 10.0. The summed E-state index contributed by atoms with van der Waals surface area (Å²) in [6.07, 6.45) is 14.3. The summed E-state index contributed by atoms with van der Waals surface area (Å²) in [5.74, 6) is 0.599. The largest absolute Gasteiger partial charge is 0.353 e. The fourth-order valence-corrected chi connectivity index (χ4v) is 5.43. The Morgan fingerprint density at radius 2 is 1.70 bits per heavy atom. The smallest absolute Gasteiger partial charge is 0.264 e. The summed E-state index contributed by atoms with van der Waals surface area (Å²) >= 11 is 0. The normalized spacial score (nSPS) is 32.0. The van der Waals surface area contributed by atoms with Crippen LogP contribution < -0.4 is 0 Å². The van der Waals surface area contributed by atoms with Crippen molar-refractivity contribution >= 4 is 10.1 Å². The zero-order valence-corrected chi connectivity index (χ0v) is 18.3. The van der Waals surface area contributed by atoms with Crippen LogP contribution in [0.3, 0.4) is 0 Å². The Balaban J connectivity index is 1.95. The summed E-state index contributed by atoms with van der Waals surface area (Å²) in [6.45, 7) is 5.14. The van der Waals surface area contributed by atoms with E-state index in [0.29, 0.717) is 12.3 Å². The summed E-state index contributed by atoms with van der Waals surface area (Å²) < 4.78 is 41.0. The molecule has 1 saturated heterocycles. The molecule has 0 spiro atoms. The molecule has 5 nitrogen and oxygen atoms in total. The highest BCUT2D eigenvalue weighted by atomic mass is 32.2. The van der Waals surface area contributed by atoms with Gasteiger partial charge in [0, 0.05) is 13.0 Å². The topological polar surface area (TPSA) is 61.8 Å². The number of unbranched alkanes of at least 4 members (excludes halogenated alkanes) is 5. The molecule has 1 heterocycles. The van der Waals surface area contributed by atoms with Crippen molar-refractivity contribution in [2.45, 2.75) is 109 Å². The molecular weight excluding hydrogens is 364 g/mol. The second-order valence-electron chi connectivity index (χ2n) is 8.34. The minimum Gasteiger partial charge on any atom is -0.353 e. The van der Waals surface area contributed by atoms with Gasteiger partial charge in [-0.25, -0.2) is 0 Å². The van der Waals surface area contributed by atoms with Crippen molar-refractivity contribution in [3.05, 3.63) is 0 Å². The van der Waals surface area contributed by atoms with Gasteiger partial charge in [-0.2, -0.15) is 8.42 Å². The van der Waals surface area contributed by atoms with Crippen molar-refractivity contribution in [1.82, 2.24) is 0 Å². The highest BCUT2D eigenvalue weighted by Crippen LogP contribution is 2.42. The summed E-state index contributed by atoms with van der Waals surface area (Å²) in [5.41, 5.74) is 0. The van der Waals surface area contributed by atoms with Gasteiger partial charge in [-0.05, 0) is 37.5 Å². The molecule has 0 bridgehead atoms. The molecule has 6 heteroatoms. The molecule has 1 aliphatic carbocycles. The van der Waals surface area contributed by atoms with Gasteiger partial charge >= 0.3 is 0 Å². The number of hydrogen-bond acceptors (Lipinski definition) is 5. The molecule has 1 saturated carbocycles. The van der Waals surface area contributed by atoms with Gasteiger partial charge in [-0.15, -0.1) is 0 Å². The van der Waals surface area contributed by atoms with Crippen LogP contribution in [0.4, 0.5) is 0 Å². The molecule has 2 rings (SSSR count). The predicted octanol–water partition coefficient (Wildman–Crippen LogP) is 5.04. The zero-order chi connectivity index (χ0) is 19.7. The molecule has 0 amide bonds. The van der Waals surface area contributed by atoms with Crippen LogP contribution in [0.15, 0.2) is 0 Å². The maximum absolute atomic E-state index is 11.7. The fourth-order valence-electron chi connectivity index (χ4n) is 4.76. The van der Waals surface area contributed by atoms with E-state index in [2.05, 4.69) is 13.8 Å². The molecule has 0 radical (unpaired) electrons. The first-order chi connectivity index (χ1) is 12.9. The Bertz CT molecular complexity index is 501. The second-order valence-corrected chi connectivity index (χ2v) is 9.94. The van der Waals surface area contributed by atoms with Crippen LogP contribution in [0, 0.1) is 11.8 Å². The maximum Gasteiger partial charge on any atom is 0.264 e. The minimum atomic E-state index is -3.45. The lowest BCUT2D eigenvalue weighted by atomic mass is 9.86. The lowest BCUT2D eigenvalue weighted by molar-refractivity contribution is -0.196. The van der Waals surface area contributed by atoms with E-state index < -0.39 is 10.1 Å². The van der Waals surface area contributed by atoms with Crippen LogP contribution >= 0.6 is 0 Å². The van der Waals surface area contributed by atoms with Crippen LogP contribution in [-0.4, -0.2) is 39.8 Å². The third kappa shape index (κ3) is 8.00. The highest BCUT2D eigenvalue weighted by molar-refractivity contribution is 7.86. The number of rotatable bonds is 12. The Morgan fingerprint density at radius 1 is 0.963 bits per heavy atom. The fraction of sp³-hybridized carbons (Fsp3) is 1.00. The van der Waals surface area contributed by atoms with E-state index in [1.165, 1.54) is 38.5 Å². The molecule has 27 heavy (non-hydrogen) atoms. The molecule has 2 fully saturated rings. The summed E-state index contributed by atoms with van der Waals surface area (Å²) in [5, 5.41) is 0. The lowest BCUT2D eigenvalue weighted by Gasteiger charge is -2.30. The van der Waals surface area contributed by atoms with Crippen molar-refractivity contribution < 1.29 is 22.1 Å². The van der Waals surface area contributed by atoms with E-state index in [4.69, 9.17) is 13.7 Å². The summed E-state index contributed by atoms with van der Waals surface area (Å²) in [7, 11) is -3.45. The van der Waals surface area contributed by atoms with Gasteiger partial charge in [0.1, 0.15) is 0 Å². The van der Waals surface area contributed by atoms with Crippen molar-refractivity contribution in [3.63, 3.8) is 0 Å². The average molecular weight is 405 g/mol. The first kappa shape index (κ1) is 23.1. The Labute approximate surface area is 166 Å². The van der Waals surface area contributed by atoms with Gasteiger partial charge < -0.3 is 9.47 Å². The molecular formula is C21H40O5S. The van der Waals surface area contributed by atoms with Gasteiger partial charge in [-0.1, -0.05) is 58.8 Å². The van der Waals surface area contributed by atoms with Crippen LogP contribution in [0.2, 0.25) is 0 Å². The van der Waals surface area contributed by atoms with E-state index >= 15 is 0 Å². The van der Waals surface area contributed by atoms with Gasteiger partial charge in [0.15, 0.2) is 6.29 Å². The molecule has 0 aromatic carbocycles. The zero-order valence-electron chi connectivity index (χ0n) is 17.5. The van der Waals surface area contributed by atoms with Crippen molar-refractivity contribution in [2.24, 2.45) is 11.8 Å². The number of hydrogen-bond donors (Lipinski definition) is 0. The Hall–Kier alpha value is -0.170. The van der Waals surface area contributed by atoms with Gasteiger partial charge in [0.05, 0.1) is 18.5 Å². The summed E-state index contributed by atoms with van der Waals surface area (Å²) in [6, 6.07) is 0. The quantitative estimate of drug-likeness (QED) is 0.337. The van der Waals surface area contributed by atoms with Gasteiger partial charge in [-0.3, -0.25) is 4.18 Å². The predicted molar refractivity (Wildman–Crippen MR) is 108 cm³/mol. The second kappa shape index (κ2) is 11.7. The third-order valence-electron chi connectivity index (χ3n) is 6.09. The van der Waals surface area contributed by atoms with E-state index in [1.807, 2.05) is 0 Å². The van der Waals surface area contributed by atoms with Crippen LogP contribution in [-0.2, 0) is 23.8 Å². The van der Waals surface area contributed by atoms with Crippen molar-refractivity contribution in [2.75, 3.05) is 12.9 Å². The molecule has 1 aliphatic heterocycles. The van der Waals surface area contributed by atoms with Crippen LogP contribution in [0.1, 0.15) is 90.9 Å².